The van der Waals surface area contributed by atoms with E-state index in [1.54, 1.807) is 18.1 Å². The van der Waals surface area contributed by atoms with Crippen molar-refractivity contribution < 1.29 is 4.79 Å². The molecule has 0 bridgehead atoms. The third kappa shape index (κ3) is 3.83. The molecule has 138 valence electrons. The second-order valence-corrected chi connectivity index (χ2v) is 7.21. The van der Waals surface area contributed by atoms with Gasteiger partial charge in [-0.05, 0) is 42.7 Å². The standard InChI is InChI=1S/C20H21N5OS/c1-27-17-6-4-16(5-7-17)20(26)25-12-10-24(11-13-25)19-14-18(21-15-22-19)23-8-2-3-9-23/h2-9,14-15H,10-13H2,1H3. The summed E-state index contributed by atoms with van der Waals surface area (Å²) in [5.41, 5.74) is 0.748. The molecule has 2 aromatic heterocycles. The number of aromatic nitrogens is 3. The fourth-order valence-corrected chi connectivity index (χ4v) is 3.60. The van der Waals surface area contributed by atoms with E-state index in [9.17, 15) is 4.79 Å². The predicted molar refractivity (Wildman–Crippen MR) is 108 cm³/mol. The van der Waals surface area contributed by atoms with Gasteiger partial charge in [-0.15, -0.1) is 11.8 Å². The summed E-state index contributed by atoms with van der Waals surface area (Å²) in [6.07, 6.45) is 7.55. The molecule has 0 aliphatic carbocycles. The van der Waals surface area contributed by atoms with E-state index in [1.807, 2.05) is 70.6 Å². The minimum atomic E-state index is 0.0954. The molecule has 0 radical (unpaired) electrons. The molecule has 7 heteroatoms. The Labute approximate surface area is 162 Å². The van der Waals surface area contributed by atoms with Crippen LogP contribution in [-0.4, -0.2) is 57.8 Å². The minimum absolute atomic E-state index is 0.0954. The maximum atomic E-state index is 12.7. The first kappa shape index (κ1) is 17.6. The molecule has 0 spiro atoms. The molecule has 1 fully saturated rings. The lowest BCUT2D eigenvalue weighted by Crippen LogP contribution is -2.49. The van der Waals surface area contributed by atoms with Gasteiger partial charge in [-0.3, -0.25) is 4.79 Å². The molecule has 1 saturated heterocycles. The number of rotatable bonds is 4. The van der Waals surface area contributed by atoms with Gasteiger partial charge in [0.05, 0.1) is 0 Å². The first-order valence-electron chi connectivity index (χ1n) is 8.88. The third-order valence-corrected chi connectivity index (χ3v) is 5.48. The van der Waals surface area contributed by atoms with Crippen LogP contribution in [0.3, 0.4) is 0 Å². The zero-order valence-electron chi connectivity index (χ0n) is 15.2. The fraction of sp³-hybridized carbons (Fsp3) is 0.250. The maximum absolute atomic E-state index is 12.7. The van der Waals surface area contributed by atoms with Gasteiger partial charge in [-0.1, -0.05) is 0 Å². The molecule has 27 heavy (non-hydrogen) atoms. The van der Waals surface area contributed by atoms with Crippen LogP contribution in [0.2, 0.25) is 0 Å². The van der Waals surface area contributed by atoms with Gasteiger partial charge in [0.15, 0.2) is 0 Å². The topological polar surface area (TPSA) is 54.3 Å². The minimum Gasteiger partial charge on any atom is -0.353 e. The number of thioether (sulfide) groups is 1. The SMILES string of the molecule is CSc1ccc(C(=O)N2CCN(c3cc(-n4cccc4)ncn3)CC2)cc1. The highest BCUT2D eigenvalue weighted by molar-refractivity contribution is 7.98. The molecule has 0 atom stereocenters. The zero-order chi connectivity index (χ0) is 18.6. The summed E-state index contributed by atoms with van der Waals surface area (Å²) in [6.45, 7) is 2.89. The van der Waals surface area contributed by atoms with Crippen molar-refractivity contribution in [3.63, 3.8) is 0 Å². The number of piperazine rings is 1. The highest BCUT2D eigenvalue weighted by atomic mass is 32.2. The van der Waals surface area contributed by atoms with Crippen LogP contribution in [0.4, 0.5) is 5.82 Å². The van der Waals surface area contributed by atoms with Gasteiger partial charge in [0.25, 0.3) is 5.91 Å². The van der Waals surface area contributed by atoms with E-state index in [4.69, 9.17) is 0 Å². The van der Waals surface area contributed by atoms with Crippen LogP contribution in [0, 0.1) is 0 Å². The maximum Gasteiger partial charge on any atom is 0.253 e. The summed E-state index contributed by atoms with van der Waals surface area (Å²) in [7, 11) is 0. The van der Waals surface area contributed by atoms with Gasteiger partial charge < -0.3 is 14.4 Å². The van der Waals surface area contributed by atoms with Crippen molar-refractivity contribution in [1.82, 2.24) is 19.4 Å². The first-order valence-corrected chi connectivity index (χ1v) is 10.1. The summed E-state index contributed by atoms with van der Waals surface area (Å²) < 4.78 is 1.96. The Morgan fingerprint density at radius 3 is 2.30 bits per heavy atom. The van der Waals surface area contributed by atoms with Gasteiger partial charge in [0.2, 0.25) is 0 Å². The fourth-order valence-electron chi connectivity index (χ4n) is 3.19. The van der Waals surface area contributed by atoms with Crippen LogP contribution >= 0.6 is 11.8 Å². The number of amides is 1. The Bertz CT molecular complexity index is 902. The molecule has 1 aromatic carbocycles. The number of anilines is 1. The molecule has 0 saturated carbocycles. The lowest BCUT2D eigenvalue weighted by molar-refractivity contribution is 0.0746. The third-order valence-electron chi connectivity index (χ3n) is 4.74. The molecule has 6 nitrogen and oxygen atoms in total. The van der Waals surface area contributed by atoms with Crippen molar-refractivity contribution in [2.75, 3.05) is 37.3 Å². The van der Waals surface area contributed by atoms with Crippen LogP contribution in [0.25, 0.3) is 5.82 Å². The number of carbonyl (C=O) groups is 1. The highest BCUT2D eigenvalue weighted by Gasteiger charge is 2.23. The van der Waals surface area contributed by atoms with E-state index in [0.29, 0.717) is 13.1 Å². The number of carbonyl (C=O) groups excluding carboxylic acids is 1. The smallest absolute Gasteiger partial charge is 0.253 e. The summed E-state index contributed by atoms with van der Waals surface area (Å²) in [6, 6.07) is 13.7. The lowest BCUT2D eigenvalue weighted by Gasteiger charge is -2.35. The Kier molecular flexibility index (Phi) is 5.11. The number of benzene rings is 1. The van der Waals surface area contributed by atoms with Crippen molar-refractivity contribution in [2.24, 2.45) is 0 Å². The van der Waals surface area contributed by atoms with E-state index < -0.39 is 0 Å². The van der Waals surface area contributed by atoms with Crippen molar-refractivity contribution in [2.45, 2.75) is 4.90 Å². The molecule has 3 aromatic rings. The molecule has 4 rings (SSSR count). The zero-order valence-corrected chi connectivity index (χ0v) is 16.0. The van der Waals surface area contributed by atoms with Crippen molar-refractivity contribution in [3.05, 3.63) is 66.7 Å². The van der Waals surface area contributed by atoms with Gasteiger partial charge in [0.1, 0.15) is 18.0 Å². The van der Waals surface area contributed by atoms with E-state index in [-0.39, 0.29) is 5.91 Å². The van der Waals surface area contributed by atoms with Crippen LogP contribution in [0.1, 0.15) is 10.4 Å². The van der Waals surface area contributed by atoms with E-state index in [0.717, 1.165) is 30.3 Å². The second-order valence-electron chi connectivity index (χ2n) is 6.33. The van der Waals surface area contributed by atoms with Crippen molar-refractivity contribution in [1.29, 1.82) is 0 Å². The highest BCUT2D eigenvalue weighted by Crippen LogP contribution is 2.19. The Balaban J connectivity index is 1.41. The molecule has 1 aliphatic heterocycles. The quantitative estimate of drug-likeness (QED) is 0.653. The summed E-state index contributed by atoms with van der Waals surface area (Å²) in [5, 5.41) is 0. The normalized spacial score (nSPS) is 14.4. The van der Waals surface area contributed by atoms with Gasteiger partial charge in [-0.25, -0.2) is 9.97 Å². The molecule has 3 heterocycles. The first-order chi connectivity index (χ1) is 13.2. The molecule has 0 unspecified atom stereocenters. The second kappa shape index (κ2) is 7.84. The molecular formula is C20H21N5OS. The summed E-state index contributed by atoms with van der Waals surface area (Å²) in [5.74, 6) is 1.83. The Morgan fingerprint density at radius 1 is 0.963 bits per heavy atom. The number of hydrogen-bond acceptors (Lipinski definition) is 5. The van der Waals surface area contributed by atoms with Crippen molar-refractivity contribution >= 4 is 23.5 Å². The van der Waals surface area contributed by atoms with Crippen LogP contribution in [0.15, 0.2) is 66.1 Å². The molecule has 0 N–H and O–H groups in total. The van der Waals surface area contributed by atoms with E-state index in [1.165, 1.54) is 4.90 Å². The lowest BCUT2D eigenvalue weighted by atomic mass is 10.2. The van der Waals surface area contributed by atoms with E-state index >= 15 is 0 Å². The average molecular weight is 379 g/mol. The van der Waals surface area contributed by atoms with Crippen LogP contribution < -0.4 is 4.90 Å². The predicted octanol–water partition coefficient (Wildman–Crippen LogP) is 2.95. The molecule has 1 aliphatic rings. The van der Waals surface area contributed by atoms with E-state index in [2.05, 4.69) is 14.9 Å². The summed E-state index contributed by atoms with van der Waals surface area (Å²) in [4.78, 5) is 26.8. The summed E-state index contributed by atoms with van der Waals surface area (Å²) >= 11 is 1.68. The van der Waals surface area contributed by atoms with Gasteiger partial charge >= 0.3 is 0 Å². The van der Waals surface area contributed by atoms with Crippen LogP contribution in [-0.2, 0) is 0 Å². The number of nitrogens with zero attached hydrogens (tertiary/aromatic N) is 5. The Morgan fingerprint density at radius 2 is 1.63 bits per heavy atom. The average Bonchev–Trinajstić information content (AvgIpc) is 3.29. The van der Waals surface area contributed by atoms with Crippen LogP contribution in [0.5, 0.6) is 0 Å². The molecule has 1 amide bonds. The monoisotopic (exact) mass is 379 g/mol. The molecular weight excluding hydrogens is 358 g/mol. The van der Waals surface area contributed by atoms with Crippen molar-refractivity contribution in [3.8, 4) is 5.82 Å². The van der Waals surface area contributed by atoms with Gasteiger partial charge in [-0.2, -0.15) is 0 Å². The van der Waals surface area contributed by atoms with Gasteiger partial charge in [0, 0.05) is 55.1 Å². The largest absolute Gasteiger partial charge is 0.353 e. The number of hydrogen-bond donors (Lipinski definition) is 0. The Hall–Kier alpha value is -2.80.